The highest BCUT2D eigenvalue weighted by molar-refractivity contribution is 6.05. The molecule has 0 unspecified atom stereocenters. The molecule has 4 aromatic rings. The molecule has 0 aliphatic carbocycles. The van der Waals surface area contributed by atoms with Crippen LogP contribution in [-0.2, 0) is 0 Å². The summed E-state index contributed by atoms with van der Waals surface area (Å²) in [5, 5.41) is 3.18. The summed E-state index contributed by atoms with van der Waals surface area (Å²) in [5.74, 6) is -2.21. The van der Waals surface area contributed by atoms with E-state index >= 15 is 0 Å². The maximum atomic E-state index is 14.1. The molecule has 1 aromatic carbocycles. The van der Waals surface area contributed by atoms with Crippen molar-refractivity contribution in [2.45, 2.75) is 13.3 Å². The molecule has 4 rings (SSSR count). The number of aromatic amines is 1. The number of amides is 1. The zero-order valence-corrected chi connectivity index (χ0v) is 19.2. The second-order valence-corrected chi connectivity index (χ2v) is 7.71. The van der Waals surface area contributed by atoms with Crippen molar-refractivity contribution in [1.29, 1.82) is 0 Å². The number of aromatic nitrogens is 3. The minimum absolute atomic E-state index is 0.292. The Hall–Kier alpha value is -4.05. The molecule has 0 saturated heterocycles. The molecule has 1 amide bonds. The third-order valence-corrected chi connectivity index (χ3v) is 4.88. The number of benzene rings is 1. The van der Waals surface area contributed by atoms with Crippen molar-refractivity contribution in [2.24, 2.45) is 5.73 Å². The number of nitrogens with two attached hydrogens (primary N) is 2. The van der Waals surface area contributed by atoms with Gasteiger partial charge in [-0.25, -0.2) is 18.7 Å². The van der Waals surface area contributed by atoms with Crippen molar-refractivity contribution in [3.63, 3.8) is 0 Å². The molecular formula is C24H27F2N7O. The summed E-state index contributed by atoms with van der Waals surface area (Å²) in [5.41, 5.74) is 12.0. The van der Waals surface area contributed by atoms with Gasteiger partial charge in [0, 0.05) is 36.9 Å². The number of nitrogens with one attached hydrogen (secondary N) is 2. The number of nitrogens with zero attached hydrogens (tertiary/aromatic N) is 3. The average Bonchev–Trinajstić information content (AvgIpc) is 3.25. The Balaban J connectivity index is 0.000000751. The number of H-pyrrole nitrogens is 1. The van der Waals surface area contributed by atoms with Crippen molar-refractivity contribution in [1.82, 2.24) is 15.0 Å². The van der Waals surface area contributed by atoms with E-state index < -0.39 is 23.1 Å². The highest BCUT2D eigenvalue weighted by Gasteiger charge is 2.20. The van der Waals surface area contributed by atoms with Crippen molar-refractivity contribution < 1.29 is 13.6 Å². The van der Waals surface area contributed by atoms with E-state index in [-0.39, 0.29) is 5.69 Å². The standard InChI is InChI=1S/C21H18F2N6O.C3H9N/c1-29(2)17-6-3-11(9-25-17)16-8-12-7-13(10-26-20(12)28-16)27-21(30)18-14(22)4-5-15(24)19(18)23;1-2-3-4/h3-10H,24H2,1-2H3,(H,26,28)(H,27,30);2-4H2,1H3. The molecule has 0 fully saturated rings. The van der Waals surface area contributed by atoms with Gasteiger partial charge in [-0.3, -0.25) is 4.79 Å². The van der Waals surface area contributed by atoms with Crippen LogP contribution in [0.2, 0.25) is 0 Å². The topological polar surface area (TPSA) is 126 Å². The minimum atomic E-state index is -1.10. The molecule has 0 radical (unpaired) electrons. The first-order chi connectivity index (χ1) is 16.2. The van der Waals surface area contributed by atoms with Crippen LogP contribution in [0.15, 0.2) is 48.8 Å². The van der Waals surface area contributed by atoms with Crippen LogP contribution in [0.5, 0.6) is 0 Å². The van der Waals surface area contributed by atoms with Gasteiger partial charge in [-0.1, -0.05) is 6.92 Å². The van der Waals surface area contributed by atoms with Crippen LogP contribution in [0.4, 0.5) is 26.0 Å². The molecule has 0 aliphatic heterocycles. The smallest absolute Gasteiger partial charge is 0.261 e. The van der Waals surface area contributed by atoms with Gasteiger partial charge in [0.2, 0.25) is 0 Å². The predicted molar refractivity (Wildman–Crippen MR) is 132 cm³/mol. The second kappa shape index (κ2) is 10.7. The number of halogens is 2. The molecule has 8 nitrogen and oxygen atoms in total. The second-order valence-electron chi connectivity index (χ2n) is 7.71. The fraction of sp³-hybridized carbons (Fsp3) is 0.208. The Bertz CT molecular complexity index is 1280. The molecule has 0 atom stereocenters. The van der Waals surface area contributed by atoms with E-state index in [0.717, 1.165) is 42.2 Å². The lowest BCUT2D eigenvalue weighted by atomic mass is 10.1. The van der Waals surface area contributed by atoms with E-state index in [1.165, 1.54) is 6.20 Å². The number of rotatable bonds is 5. The largest absolute Gasteiger partial charge is 0.396 e. The summed E-state index contributed by atoms with van der Waals surface area (Å²) in [6.07, 6.45) is 4.24. The first-order valence-electron chi connectivity index (χ1n) is 10.6. The van der Waals surface area contributed by atoms with Crippen LogP contribution < -0.4 is 21.7 Å². The van der Waals surface area contributed by atoms with E-state index in [4.69, 9.17) is 11.5 Å². The lowest BCUT2D eigenvalue weighted by Crippen LogP contribution is -2.17. The summed E-state index contributed by atoms with van der Waals surface area (Å²) in [6, 6.07) is 9.35. The Morgan fingerprint density at radius 3 is 2.47 bits per heavy atom. The molecule has 3 heterocycles. The van der Waals surface area contributed by atoms with Crippen molar-refractivity contribution in [3.05, 3.63) is 66.0 Å². The zero-order chi connectivity index (χ0) is 24.8. The lowest BCUT2D eigenvalue weighted by Gasteiger charge is -2.10. The Labute approximate surface area is 196 Å². The van der Waals surface area contributed by atoms with Crippen LogP contribution in [0, 0.1) is 11.6 Å². The SMILES string of the molecule is CCCN.CN(C)c1ccc(-c2cc3cc(NC(=O)c4c(F)ccc(N)c4F)cnc3[nH]2)cn1. The number of hydrogen-bond acceptors (Lipinski definition) is 6. The lowest BCUT2D eigenvalue weighted by molar-refractivity contribution is 0.101. The van der Waals surface area contributed by atoms with E-state index in [1.54, 1.807) is 12.3 Å². The minimum Gasteiger partial charge on any atom is -0.396 e. The molecule has 0 aliphatic rings. The van der Waals surface area contributed by atoms with Crippen LogP contribution in [0.25, 0.3) is 22.3 Å². The molecule has 178 valence electrons. The number of nitrogen functional groups attached to an aromatic ring is 1. The Morgan fingerprint density at radius 2 is 1.85 bits per heavy atom. The fourth-order valence-electron chi connectivity index (χ4n) is 3.02. The number of hydrogen-bond donors (Lipinski definition) is 4. The van der Waals surface area contributed by atoms with Gasteiger partial charge in [0.05, 0.1) is 17.6 Å². The molecule has 0 bridgehead atoms. The summed E-state index contributed by atoms with van der Waals surface area (Å²) in [6.45, 7) is 2.88. The van der Waals surface area contributed by atoms with E-state index in [9.17, 15) is 13.6 Å². The van der Waals surface area contributed by atoms with Crippen molar-refractivity contribution >= 4 is 34.1 Å². The van der Waals surface area contributed by atoms with Crippen molar-refractivity contribution in [2.75, 3.05) is 36.6 Å². The number of carbonyl (C=O) groups excluding carboxylic acids is 1. The van der Waals surface area contributed by atoms with Gasteiger partial charge in [0.25, 0.3) is 5.91 Å². The first kappa shape index (κ1) is 24.6. The third kappa shape index (κ3) is 5.46. The fourth-order valence-corrected chi connectivity index (χ4v) is 3.02. The Kier molecular flexibility index (Phi) is 7.75. The van der Waals surface area contributed by atoms with Gasteiger partial charge in [-0.2, -0.15) is 0 Å². The molecule has 10 heteroatoms. The normalized spacial score (nSPS) is 10.5. The summed E-state index contributed by atoms with van der Waals surface area (Å²) in [4.78, 5) is 26.1. The molecule has 6 N–H and O–H groups in total. The molecule has 0 spiro atoms. The van der Waals surface area contributed by atoms with Gasteiger partial charge in [-0.15, -0.1) is 0 Å². The highest BCUT2D eigenvalue weighted by Crippen LogP contribution is 2.26. The quantitative estimate of drug-likeness (QED) is 0.327. The third-order valence-electron chi connectivity index (χ3n) is 4.88. The first-order valence-corrected chi connectivity index (χ1v) is 10.6. The highest BCUT2D eigenvalue weighted by atomic mass is 19.1. The number of pyridine rings is 2. The van der Waals surface area contributed by atoms with Gasteiger partial charge in [-0.05, 0) is 49.4 Å². The number of anilines is 3. The van der Waals surface area contributed by atoms with Gasteiger partial charge < -0.3 is 26.7 Å². The maximum Gasteiger partial charge on any atom is 0.261 e. The van der Waals surface area contributed by atoms with E-state index in [0.29, 0.717) is 16.7 Å². The summed E-state index contributed by atoms with van der Waals surface area (Å²) in [7, 11) is 3.82. The zero-order valence-electron chi connectivity index (χ0n) is 19.2. The summed E-state index contributed by atoms with van der Waals surface area (Å²) < 4.78 is 28.0. The molecular weight excluding hydrogens is 440 g/mol. The number of fused-ring (bicyclic) bond motifs is 1. The van der Waals surface area contributed by atoms with Gasteiger partial charge >= 0.3 is 0 Å². The molecule has 0 saturated carbocycles. The molecule has 34 heavy (non-hydrogen) atoms. The van der Waals surface area contributed by atoms with E-state index in [1.807, 2.05) is 37.2 Å². The van der Waals surface area contributed by atoms with Gasteiger partial charge in [0.1, 0.15) is 22.8 Å². The van der Waals surface area contributed by atoms with Gasteiger partial charge in [0.15, 0.2) is 5.82 Å². The monoisotopic (exact) mass is 467 g/mol. The van der Waals surface area contributed by atoms with Crippen LogP contribution >= 0.6 is 0 Å². The predicted octanol–water partition coefficient (Wildman–Crippen LogP) is 4.16. The van der Waals surface area contributed by atoms with Crippen molar-refractivity contribution in [3.8, 4) is 11.3 Å². The van der Waals surface area contributed by atoms with Crippen LogP contribution in [0.1, 0.15) is 23.7 Å². The molecule has 3 aromatic heterocycles. The average molecular weight is 468 g/mol. The van der Waals surface area contributed by atoms with Crippen LogP contribution in [-0.4, -0.2) is 41.5 Å². The summed E-state index contributed by atoms with van der Waals surface area (Å²) >= 11 is 0. The van der Waals surface area contributed by atoms with Crippen LogP contribution in [0.3, 0.4) is 0 Å². The Morgan fingerprint density at radius 1 is 1.12 bits per heavy atom. The maximum absolute atomic E-state index is 14.1. The number of carbonyl (C=O) groups is 1. The van der Waals surface area contributed by atoms with E-state index in [2.05, 4.69) is 27.2 Å².